The zero-order chi connectivity index (χ0) is 18.4. The van der Waals surface area contributed by atoms with Gasteiger partial charge < -0.3 is 4.74 Å². The van der Waals surface area contributed by atoms with E-state index in [1.807, 2.05) is 0 Å². The van der Waals surface area contributed by atoms with Crippen LogP contribution in [0.1, 0.15) is 99.8 Å². The van der Waals surface area contributed by atoms with Crippen molar-refractivity contribution in [1.29, 1.82) is 0 Å². The Kier molecular flexibility index (Phi) is 8.21. The Labute approximate surface area is 149 Å². The molecule has 0 saturated carbocycles. The number of esters is 1. The van der Waals surface area contributed by atoms with E-state index >= 15 is 0 Å². The van der Waals surface area contributed by atoms with Gasteiger partial charge in [-0.05, 0) is 41.0 Å². The molecule has 1 aliphatic rings. The molecule has 1 saturated heterocycles. The average Bonchev–Trinajstić information content (AvgIpc) is 2.41. The van der Waals surface area contributed by atoms with Crippen LogP contribution in [-0.2, 0) is 14.4 Å². The van der Waals surface area contributed by atoms with Crippen LogP contribution in [0.4, 0.5) is 0 Å². The van der Waals surface area contributed by atoms with Gasteiger partial charge in [-0.25, -0.2) is 0 Å². The molecule has 1 rings (SSSR count). The highest BCUT2D eigenvalue weighted by Gasteiger charge is 2.48. The van der Waals surface area contributed by atoms with Crippen molar-refractivity contribution < 1.29 is 14.4 Å². The van der Waals surface area contributed by atoms with Gasteiger partial charge in [-0.1, -0.05) is 39.0 Å². The molecule has 1 fully saturated rings. The SMILES string of the molecule is CCCCCCCC(C)ON1C(C)(C)CC(OC(C)=O)CC1(C)C. The Morgan fingerprint density at radius 1 is 1.08 bits per heavy atom. The molecule has 24 heavy (non-hydrogen) atoms. The highest BCUT2D eigenvalue weighted by Crippen LogP contribution is 2.40. The third-order valence-corrected chi connectivity index (χ3v) is 4.89. The van der Waals surface area contributed by atoms with Crippen LogP contribution in [0.2, 0.25) is 0 Å². The summed E-state index contributed by atoms with van der Waals surface area (Å²) in [5, 5.41) is 2.16. The topological polar surface area (TPSA) is 38.8 Å². The van der Waals surface area contributed by atoms with Crippen molar-refractivity contribution in [3.63, 3.8) is 0 Å². The molecular formula is C20H39NO3. The van der Waals surface area contributed by atoms with E-state index in [1.165, 1.54) is 39.0 Å². The van der Waals surface area contributed by atoms with Gasteiger partial charge in [0.2, 0.25) is 0 Å². The van der Waals surface area contributed by atoms with E-state index in [-0.39, 0.29) is 29.3 Å². The van der Waals surface area contributed by atoms with Crippen molar-refractivity contribution in [1.82, 2.24) is 5.06 Å². The Hall–Kier alpha value is -0.610. The Morgan fingerprint density at radius 3 is 2.12 bits per heavy atom. The number of hydrogen-bond acceptors (Lipinski definition) is 4. The van der Waals surface area contributed by atoms with E-state index in [4.69, 9.17) is 9.57 Å². The molecule has 0 aromatic carbocycles. The van der Waals surface area contributed by atoms with Crippen LogP contribution in [0.5, 0.6) is 0 Å². The van der Waals surface area contributed by atoms with Crippen LogP contribution in [-0.4, -0.2) is 34.3 Å². The first-order valence-corrected chi connectivity index (χ1v) is 9.73. The van der Waals surface area contributed by atoms with Crippen molar-refractivity contribution in [2.75, 3.05) is 0 Å². The van der Waals surface area contributed by atoms with Crippen molar-refractivity contribution in [3.05, 3.63) is 0 Å². The lowest BCUT2D eigenvalue weighted by Gasteiger charge is -2.54. The predicted molar refractivity (Wildman–Crippen MR) is 98.7 cm³/mol. The Morgan fingerprint density at radius 2 is 1.62 bits per heavy atom. The quantitative estimate of drug-likeness (QED) is 0.424. The van der Waals surface area contributed by atoms with Gasteiger partial charge in [-0.15, -0.1) is 0 Å². The number of unbranched alkanes of at least 4 members (excludes halogenated alkanes) is 4. The average molecular weight is 342 g/mol. The van der Waals surface area contributed by atoms with Crippen LogP contribution >= 0.6 is 0 Å². The maximum Gasteiger partial charge on any atom is 0.302 e. The molecule has 0 bridgehead atoms. The van der Waals surface area contributed by atoms with Gasteiger partial charge in [0.25, 0.3) is 0 Å². The fourth-order valence-corrected chi connectivity index (χ4v) is 4.04. The summed E-state index contributed by atoms with van der Waals surface area (Å²) in [6.07, 6.45) is 9.36. The van der Waals surface area contributed by atoms with Gasteiger partial charge in [0.1, 0.15) is 6.10 Å². The highest BCUT2D eigenvalue weighted by molar-refractivity contribution is 5.66. The first-order valence-electron chi connectivity index (χ1n) is 9.73. The maximum absolute atomic E-state index is 11.3. The van der Waals surface area contributed by atoms with Crippen molar-refractivity contribution in [2.24, 2.45) is 0 Å². The minimum Gasteiger partial charge on any atom is -0.462 e. The number of hydroxylamine groups is 2. The molecule has 1 heterocycles. The van der Waals surface area contributed by atoms with Crippen LogP contribution in [0.15, 0.2) is 0 Å². The summed E-state index contributed by atoms with van der Waals surface area (Å²) in [4.78, 5) is 17.7. The predicted octanol–water partition coefficient (Wildman–Crippen LogP) is 5.25. The summed E-state index contributed by atoms with van der Waals surface area (Å²) in [7, 11) is 0. The molecule has 4 nitrogen and oxygen atoms in total. The highest BCUT2D eigenvalue weighted by atomic mass is 16.7. The summed E-state index contributed by atoms with van der Waals surface area (Å²) >= 11 is 0. The number of nitrogens with zero attached hydrogens (tertiary/aromatic N) is 1. The van der Waals surface area contributed by atoms with E-state index < -0.39 is 0 Å². The summed E-state index contributed by atoms with van der Waals surface area (Å²) in [6.45, 7) is 14.6. The molecule has 0 aromatic heterocycles. The fourth-order valence-electron chi connectivity index (χ4n) is 4.04. The lowest BCUT2D eigenvalue weighted by Crippen LogP contribution is -2.62. The molecule has 0 amide bonds. The number of rotatable bonds is 9. The van der Waals surface area contributed by atoms with Crippen LogP contribution < -0.4 is 0 Å². The Balaban J connectivity index is 2.57. The van der Waals surface area contributed by atoms with E-state index in [0.29, 0.717) is 0 Å². The van der Waals surface area contributed by atoms with E-state index in [9.17, 15) is 4.79 Å². The molecule has 0 aromatic rings. The smallest absolute Gasteiger partial charge is 0.302 e. The number of carbonyl (C=O) groups excluding carboxylic acids is 1. The van der Waals surface area contributed by atoms with Crippen molar-refractivity contribution in [2.45, 2.75) is 123 Å². The standard InChI is InChI=1S/C20H39NO3/c1-8-9-10-11-12-13-16(2)24-21-19(4,5)14-18(23-17(3)22)15-20(21,6)7/h16,18H,8-15H2,1-7H3. The molecule has 1 unspecified atom stereocenters. The summed E-state index contributed by atoms with van der Waals surface area (Å²) in [6, 6.07) is 0. The number of piperidine rings is 1. The third kappa shape index (κ3) is 6.72. The minimum atomic E-state index is -0.193. The number of hydrogen-bond donors (Lipinski definition) is 0. The molecule has 1 aliphatic heterocycles. The first-order chi connectivity index (χ1) is 11.1. The summed E-state index contributed by atoms with van der Waals surface area (Å²) in [5.74, 6) is -0.193. The third-order valence-electron chi connectivity index (χ3n) is 4.89. The van der Waals surface area contributed by atoms with Gasteiger partial charge in [-0.2, -0.15) is 5.06 Å². The molecule has 0 N–H and O–H groups in total. The second-order valence-corrected chi connectivity index (χ2v) is 8.68. The van der Waals surface area contributed by atoms with Gasteiger partial charge in [0.15, 0.2) is 0 Å². The molecule has 0 aliphatic carbocycles. The normalized spacial score (nSPS) is 22.3. The van der Waals surface area contributed by atoms with E-state index in [0.717, 1.165) is 19.3 Å². The molecule has 1 atom stereocenters. The van der Waals surface area contributed by atoms with Gasteiger partial charge >= 0.3 is 5.97 Å². The molecule has 0 spiro atoms. The largest absolute Gasteiger partial charge is 0.462 e. The lowest BCUT2D eigenvalue weighted by atomic mass is 9.80. The summed E-state index contributed by atoms with van der Waals surface area (Å²) in [5.41, 5.74) is -0.309. The molecule has 0 radical (unpaired) electrons. The van der Waals surface area contributed by atoms with Crippen molar-refractivity contribution >= 4 is 5.97 Å². The van der Waals surface area contributed by atoms with Crippen molar-refractivity contribution in [3.8, 4) is 0 Å². The first kappa shape index (κ1) is 21.4. The molecular weight excluding hydrogens is 302 g/mol. The second-order valence-electron chi connectivity index (χ2n) is 8.68. The Bertz CT molecular complexity index is 374. The minimum absolute atomic E-state index is 0.0308. The van der Waals surface area contributed by atoms with Crippen LogP contribution in [0, 0.1) is 0 Å². The van der Waals surface area contributed by atoms with E-state index in [1.54, 1.807) is 0 Å². The van der Waals surface area contributed by atoms with Crippen LogP contribution in [0.25, 0.3) is 0 Å². The fraction of sp³-hybridized carbons (Fsp3) is 0.950. The zero-order valence-corrected chi connectivity index (χ0v) is 17.0. The number of carbonyl (C=O) groups is 1. The van der Waals surface area contributed by atoms with Gasteiger partial charge in [0.05, 0.1) is 6.10 Å². The monoisotopic (exact) mass is 341 g/mol. The van der Waals surface area contributed by atoms with Gasteiger partial charge in [0, 0.05) is 30.8 Å². The van der Waals surface area contributed by atoms with E-state index in [2.05, 4.69) is 46.6 Å². The zero-order valence-electron chi connectivity index (χ0n) is 17.0. The second kappa shape index (κ2) is 9.19. The maximum atomic E-state index is 11.3. The summed E-state index contributed by atoms with van der Waals surface area (Å²) < 4.78 is 5.50. The molecule has 4 heteroatoms. The molecule has 142 valence electrons. The number of ether oxygens (including phenoxy) is 1. The lowest BCUT2D eigenvalue weighted by molar-refractivity contribution is -0.312. The van der Waals surface area contributed by atoms with Crippen LogP contribution in [0.3, 0.4) is 0 Å². The van der Waals surface area contributed by atoms with Gasteiger partial charge in [-0.3, -0.25) is 9.63 Å².